The Hall–Kier alpha value is -0.240. The molecule has 0 radical (unpaired) electrons. The lowest BCUT2D eigenvalue weighted by molar-refractivity contribution is 0.609. The zero-order valence-electron chi connectivity index (χ0n) is 9.19. The molecular formula is C12H17Cl2N. The second kappa shape index (κ2) is 6.37. The first-order chi connectivity index (χ1) is 7.16. The third kappa shape index (κ3) is 3.67. The molecule has 1 atom stereocenters. The summed E-state index contributed by atoms with van der Waals surface area (Å²) < 4.78 is 0. The fourth-order valence-corrected chi connectivity index (χ4v) is 2.05. The average molecular weight is 246 g/mol. The van der Waals surface area contributed by atoms with Crippen molar-refractivity contribution in [3.8, 4) is 0 Å². The topological polar surface area (TPSA) is 12.0 Å². The molecule has 15 heavy (non-hydrogen) atoms. The summed E-state index contributed by atoms with van der Waals surface area (Å²) in [7, 11) is 0. The van der Waals surface area contributed by atoms with Crippen molar-refractivity contribution < 1.29 is 0 Å². The Morgan fingerprint density at radius 3 is 2.73 bits per heavy atom. The Balaban J connectivity index is 2.65. The van der Waals surface area contributed by atoms with Crippen LogP contribution >= 0.6 is 23.2 Å². The van der Waals surface area contributed by atoms with E-state index >= 15 is 0 Å². The Morgan fingerprint density at radius 1 is 1.33 bits per heavy atom. The van der Waals surface area contributed by atoms with Crippen molar-refractivity contribution in [1.82, 2.24) is 5.32 Å². The van der Waals surface area contributed by atoms with Gasteiger partial charge >= 0.3 is 0 Å². The molecule has 0 spiro atoms. The predicted molar refractivity (Wildman–Crippen MR) is 68.0 cm³/mol. The number of nitrogens with one attached hydrogen (secondary N) is 1. The first kappa shape index (κ1) is 12.8. The standard InChI is InChI=1S/C12H17Cl2N/c1-3-15-8-7-9(2)10-5-4-6-11(13)12(10)14/h4-6,9,15H,3,7-8H2,1-2H3. The summed E-state index contributed by atoms with van der Waals surface area (Å²) in [5, 5.41) is 4.65. The number of halogens is 2. The minimum absolute atomic E-state index is 0.440. The van der Waals surface area contributed by atoms with Crippen LogP contribution in [0.2, 0.25) is 10.0 Å². The van der Waals surface area contributed by atoms with E-state index in [-0.39, 0.29) is 0 Å². The van der Waals surface area contributed by atoms with Crippen LogP contribution in [-0.4, -0.2) is 13.1 Å². The molecule has 0 aliphatic carbocycles. The van der Waals surface area contributed by atoms with Crippen LogP contribution in [0, 0.1) is 0 Å². The molecule has 84 valence electrons. The maximum absolute atomic E-state index is 6.15. The highest BCUT2D eigenvalue weighted by Gasteiger charge is 2.11. The quantitative estimate of drug-likeness (QED) is 0.771. The molecule has 0 amide bonds. The summed E-state index contributed by atoms with van der Waals surface area (Å²) in [5.41, 5.74) is 1.14. The molecule has 0 saturated carbocycles. The van der Waals surface area contributed by atoms with Gasteiger partial charge in [0.05, 0.1) is 10.0 Å². The minimum atomic E-state index is 0.440. The molecule has 1 N–H and O–H groups in total. The van der Waals surface area contributed by atoms with Crippen molar-refractivity contribution >= 4 is 23.2 Å². The van der Waals surface area contributed by atoms with Crippen LogP contribution in [0.5, 0.6) is 0 Å². The van der Waals surface area contributed by atoms with Gasteiger partial charge in [-0.3, -0.25) is 0 Å². The Bertz CT molecular complexity index is 312. The van der Waals surface area contributed by atoms with Gasteiger partial charge in [0.25, 0.3) is 0 Å². The van der Waals surface area contributed by atoms with Gasteiger partial charge in [0.2, 0.25) is 0 Å². The second-order valence-electron chi connectivity index (χ2n) is 3.69. The van der Waals surface area contributed by atoms with E-state index in [1.54, 1.807) is 0 Å². The van der Waals surface area contributed by atoms with Crippen LogP contribution in [0.25, 0.3) is 0 Å². The Labute approximate surface area is 102 Å². The number of hydrogen-bond acceptors (Lipinski definition) is 1. The third-order valence-electron chi connectivity index (χ3n) is 2.52. The number of rotatable bonds is 5. The zero-order chi connectivity index (χ0) is 11.3. The predicted octanol–water partition coefficient (Wildman–Crippen LogP) is 4.10. The first-order valence-electron chi connectivity index (χ1n) is 5.31. The van der Waals surface area contributed by atoms with Gasteiger partial charge in [-0.25, -0.2) is 0 Å². The molecule has 0 bridgehead atoms. The van der Waals surface area contributed by atoms with Crippen LogP contribution < -0.4 is 5.32 Å². The smallest absolute Gasteiger partial charge is 0.0626 e. The Kier molecular flexibility index (Phi) is 5.44. The van der Waals surface area contributed by atoms with E-state index in [4.69, 9.17) is 23.2 Å². The van der Waals surface area contributed by atoms with Gasteiger partial charge in [-0.2, -0.15) is 0 Å². The molecular weight excluding hydrogens is 229 g/mol. The van der Waals surface area contributed by atoms with Gasteiger partial charge in [-0.05, 0) is 37.1 Å². The van der Waals surface area contributed by atoms with Crippen LogP contribution in [0.1, 0.15) is 31.7 Å². The van der Waals surface area contributed by atoms with Crippen LogP contribution in [0.3, 0.4) is 0 Å². The molecule has 1 nitrogen and oxygen atoms in total. The van der Waals surface area contributed by atoms with Crippen molar-refractivity contribution in [2.45, 2.75) is 26.2 Å². The van der Waals surface area contributed by atoms with Gasteiger partial charge < -0.3 is 5.32 Å². The molecule has 1 aromatic carbocycles. The highest BCUT2D eigenvalue weighted by molar-refractivity contribution is 6.42. The molecule has 0 aliphatic heterocycles. The molecule has 0 saturated heterocycles. The zero-order valence-corrected chi connectivity index (χ0v) is 10.7. The minimum Gasteiger partial charge on any atom is -0.317 e. The summed E-state index contributed by atoms with van der Waals surface area (Å²) in [5.74, 6) is 0.440. The first-order valence-corrected chi connectivity index (χ1v) is 6.07. The normalized spacial score (nSPS) is 12.8. The molecule has 3 heteroatoms. The second-order valence-corrected chi connectivity index (χ2v) is 4.47. The molecule has 1 rings (SSSR count). The summed E-state index contributed by atoms with van der Waals surface area (Å²) in [6.45, 7) is 6.31. The molecule has 0 aromatic heterocycles. The molecule has 1 unspecified atom stereocenters. The van der Waals surface area contributed by atoms with Crippen LogP contribution in [-0.2, 0) is 0 Å². The van der Waals surface area contributed by atoms with E-state index in [0.717, 1.165) is 25.1 Å². The largest absolute Gasteiger partial charge is 0.317 e. The lowest BCUT2D eigenvalue weighted by Gasteiger charge is -2.14. The highest BCUT2D eigenvalue weighted by atomic mass is 35.5. The van der Waals surface area contributed by atoms with Gasteiger partial charge in [0.1, 0.15) is 0 Å². The van der Waals surface area contributed by atoms with Crippen molar-refractivity contribution in [2.75, 3.05) is 13.1 Å². The van der Waals surface area contributed by atoms with E-state index in [0.29, 0.717) is 16.0 Å². The molecule has 0 aliphatic rings. The van der Waals surface area contributed by atoms with Crippen LogP contribution in [0.4, 0.5) is 0 Å². The van der Waals surface area contributed by atoms with Gasteiger partial charge in [-0.1, -0.05) is 49.2 Å². The summed E-state index contributed by atoms with van der Waals surface area (Å²) in [4.78, 5) is 0. The maximum atomic E-state index is 6.15. The summed E-state index contributed by atoms with van der Waals surface area (Å²) in [6, 6.07) is 5.82. The lowest BCUT2D eigenvalue weighted by atomic mass is 9.98. The average Bonchev–Trinajstić information content (AvgIpc) is 2.22. The Morgan fingerprint density at radius 2 is 2.07 bits per heavy atom. The molecule has 1 aromatic rings. The van der Waals surface area contributed by atoms with E-state index < -0.39 is 0 Å². The summed E-state index contributed by atoms with van der Waals surface area (Å²) >= 11 is 12.1. The van der Waals surface area contributed by atoms with E-state index in [1.807, 2.05) is 18.2 Å². The molecule has 0 heterocycles. The van der Waals surface area contributed by atoms with Crippen molar-refractivity contribution in [2.24, 2.45) is 0 Å². The lowest BCUT2D eigenvalue weighted by Crippen LogP contribution is -2.16. The monoisotopic (exact) mass is 245 g/mol. The van der Waals surface area contributed by atoms with Gasteiger partial charge in [-0.15, -0.1) is 0 Å². The third-order valence-corrected chi connectivity index (χ3v) is 3.35. The molecule has 0 fully saturated rings. The van der Waals surface area contributed by atoms with Crippen molar-refractivity contribution in [1.29, 1.82) is 0 Å². The van der Waals surface area contributed by atoms with Gasteiger partial charge in [0, 0.05) is 0 Å². The highest BCUT2D eigenvalue weighted by Crippen LogP contribution is 2.31. The van der Waals surface area contributed by atoms with Crippen LogP contribution in [0.15, 0.2) is 18.2 Å². The fourth-order valence-electron chi connectivity index (χ4n) is 1.55. The van der Waals surface area contributed by atoms with Crippen molar-refractivity contribution in [3.63, 3.8) is 0 Å². The SMILES string of the molecule is CCNCCC(C)c1cccc(Cl)c1Cl. The number of hydrogen-bond donors (Lipinski definition) is 1. The number of benzene rings is 1. The van der Waals surface area contributed by atoms with Crippen molar-refractivity contribution in [3.05, 3.63) is 33.8 Å². The fraction of sp³-hybridized carbons (Fsp3) is 0.500. The van der Waals surface area contributed by atoms with Gasteiger partial charge in [0.15, 0.2) is 0 Å². The maximum Gasteiger partial charge on any atom is 0.0626 e. The van der Waals surface area contributed by atoms with E-state index in [2.05, 4.69) is 19.2 Å². The van der Waals surface area contributed by atoms with E-state index in [1.165, 1.54) is 0 Å². The summed E-state index contributed by atoms with van der Waals surface area (Å²) in [6.07, 6.45) is 1.08. The van der Waals surface area contributed by atoms with E-state index in [9.17, 15) is 0 Å².